The minimum Gasteiger partial charge on any atom is -0.273 e. The van der Waals surface area contributed by atoms with Crippen molar-refractivity contribution in [1.82, 2.24) is 18.9 Å². The molecule has 0 aliphatic carbocycles. The van der Waals surface area contributed by atoms with Crippen molar-refractivity contribution >= 4 is 27.3 Å². The standard InChI is InChI=1S/C10H13ClN4O2S/c1-3-14(4-2)18(16,17)8-5-6-15-9(7-8)12-13-10(15)11/h5-7H,3-4H2,1-2H3. The molecule has 0 unspecified atom stereocenters. The van der Waals surface area contributed by atoms with Crippen molar-refractivity contribution in [1.29, 1.82) is 0 Å². The molecule has 0 saturated carbocycles. The quantitative estimate of drug-likeness (QED) is 0.853. The van der Waals surface area contributed by atoms with Gasteiger partial charge in [-0.05, 0) is 17.7 Å². The fraction of sp³-hybridized carbons (Fsp3) is 0.400. The predicted octanol–water partition coefficient (Wildman–Crippen LogP) is 1.41. The highest BCUT2D eigenvalue weighted by molar-refractivity contribution is 7.89. The Kier molecular flexibility index (Phi) is 3.56. The zero-order valence-corrected chi connectivity index (χ0v) is 11.6. The lowest BCUT2D eigenvalue weighted by atomic mass is 10.5. The van der Waals surface area contributed by atoms with Crippen LogP contribution in [-0.4, -0.2) is 40.4 Å². The summed E-state index contributed by atoms with van der Waals surface area (Å²) < 4.78 is 27.5. The van der Waals surface area contributed by atoms with Crippen molar-refractivity contribution in [3.8, 4) is 0 Å². The van der Waals surface area contributed by atoms with E-state index in [2.05, 4.69) is 10.2 Å². The molecule has 2 heterocycles. The van der Waals surface area contributed by atoms with Crippen LogP contribution in [0.4, 0.5) is 0 Å². The van der Waals surface area contributed by atoms with Crippen molar-refractivity contribution < 1.29 is 8.42 Å². The van der Waals surface area contributed by atoms with Crippen molar-refractivity contribution in [2.24, 2.45) is 0 Å². The molecule has 0 aliphatic rings. The van der Waals surface area contributed by atoms with E-state index in [1.165, 1.54) is 20.8 Å². The number of halogens is 1. The van der Waals surface area contributed by atoms with Gasteiger partial charge in [0.15, 0.2) is 5.65 Å². The highest BCUT2D eigenvalue weighted by atomic mass is 35.5. The molecule has 0 atom stereocenters. The smallest absolute Gasteiger partial charge is 0.243 e. The number of sulfonamides is 1. The molecule has 0 radical (unpaired) electrons. The zero-order valence-electron chi connectivity index (χ0n) is 10.0. The van der Waals surface area contributed by atoms with Crippen LogP contribution in [0.25, 0.3) is 5.65 Å². The molecular weight excluding hydrogens is 276 g/mol. The van der Waals surface area contributed by atoms with Gasteiger partial charge < -0.3 is 0 Å². The molecule has 0 saturated heterocycles. The van der Waals surface area contributed by atoms with E-state index in [4.69, 9.17) is 11.6 Å². The molecule has 6 nitrogen and oxygen atoms in total. The van der Waals surface area contributed by atoms with Gasteiger partial charge in [-0.1, -0.05) is 13.8 Å². The number of fused-ring (bicyclic) bond motifs is 1. The second-order valence-electron chi connectivity index (χ2n) is 3.65. The molecule has 2 aromatic rings. The van der Waals surface area contributed by atoms with E-state index in [9.17, 15) is 8.42 Å². The predicted molar refractivity (Wildman–Crippen MR) is 68.1 cm³/mol. The van der Waals surface area contributed by atoms with Gasteiger partial charge in [0.25, 0.3) is 0 Å². The van der Waals surface area contributed by atoms with Crippen LogP contribution in [0.3, 0.4) is 0 Å². The highest BCUT2D eigenvalue weighted by Gasteiger charge is 2.22. The van der Waals surface area contributed by atoms with Crippen LogP contribution in [0.15, 0.2) is 23.2 Å². The van der Waals surface area contributed by atoms with E-state index in [0.717, 1.165) is 0 Å². The fourth-order valence-electron chi connectivity index (χ4n) is 1.72. The first-order valence-electron chi connectivity index (χ1n) is 5.51. The number of hydrogen-bond donors (Lipinski definition) is 0. The first-order valence-corrected chi connectivity index (χ1v) is 7.33. The second kappa shape index (κ2) is 4.83. The largest absolute Gasteiger partial charge is 0.273 e. The Morgan fingerprint density at radius 2 is 2.00 bits per heavy atom. The van der Waals surface area contributed by atoms with Gasteiger partial charge in [0.05, 0.1) is 4.90 Å². The molecular formula is C10H13ClN4O2S. The monoisotopic (exact) mass is 288 g/mol. The molecule has 0 aliphatic heterocycles. The van der Waals surface area contributed by atoms with Crippen LogP contribution in [0.5, 0.6) is 0 Å². The minimum atomic E-state index is -3.47. The summed E-state index contributed by atoms with van der Waals surface area (Å²) in [5.41, 5.74) is 0.410. The van der Waals surface area contributed by atoms with Crippen LogP contribution in [-0.2, 0) is 10.0 Å². The van der Waals surface area contributed by atoms with Crippen molar-refractivity contribution in [2.75, 3.05) is 13.1 Å². The second-order valence-corrected chi connectivity index (χ2v) is 5.93. The SMILES string of the molecule is CCN(CC)S(=O)(=O)c1ccn2c(Cl)nnc2c1. The Hall–Kier alpha value is -1.18. The fourth-order valence-corrected chi connectivity index (χ4v) is 3.36. The van der Waals surface area contributed by atoms with Gasteiger partial charge in [-0.2, -0.15) is 4.31 Å². The third kappa shape index (κ3) is 2.09. The molecule has 0 spiro atoms. The van der Waals surface area contributed by atoms with Crippen LogP contribution >= 0.6 is 11.6 Å². The van der Waals surface area contributed by atoms with Gasteiger partial charge >= 0.3 is 0 Å². The van der Waals surface area contributed by atoms with Crippen LogP contribution in [0.1, 0.15) is 13.8 Å². The lowest BCUT2D eigenvalue weighted by molar-refractivity contribution is 0.445. The highest BCUT2D eigenvalue weighted by Crippen LogP contribution is 2.18. The maximum Gasteiger partial charge on any atom is 0.243 e. The zero-order chi connectivity index (χ0) is 13.3. The van der Waals surface area contributed by atoms with E-state index in [0.29, 0.717) is 18.7 Å². The molecule has 0 aromatic carbocycles. The molecule has 0 N–H and O–H groups in total. The Balaban J connectivity index is 2.54. The van der Waals surface area contributed by atoms with Crippen molar-refractivity contribution in [3.63, 3.8) is 0 Å². The average Bonchev–Trinajstić information content (AvgIpc) is 2.72. The Morgan fingerprint density at radius 3 is 2.61 bits per heavy atom. The molecule has 18 heavy (non-hydrogen) atoms. The summed E-state index contributed by atoms with van der Waals surface area (Å²) in [4.78, 5) is 0.197. The van der Waals surface area contributed by atoms with Gasteiger partial charge in [0.1, 0.15) is 0 Å². The first kappa shape index (κ1) is 13.3. The third-order valence-electron chi connectivity index (χ3n) is 2.68. The third-order valence-corrected chi connectivity index (χ3v) is 4.99. The number of nitrogens with zero attached hydrogens (tertiary/aromatic N) is 4. The van der Waals surface area contributed by atoms with Crippen LogP contribution in [0.2, 0.25) is 5.28 Å². The molecule has 0 fully saturated rings. The summed E-state index contributed by atoms with van der Waals surface area (Å²) in [7, 11) is -3.47. The maximum absolute atomic E-state index is 12.3. The number of pyridine rings is 1. The Labute approximate surface area is 110 Å². The minimum absolute atomic E-state index is 0.197. The normalized spacial score (nSPS) is 12.4. The molecule has 0 amide bonds. The molecule has 0 bridgehead atoms. The van der Waals surface area contributed by atoms with E-state index in [1.54, 1.807) is 20.0 Å². The lowest BCUT2D eigenvalue weighted by Gasteiger charge is -2.18. The Bertz CT molecular complexity index is 664. The summed E-state index contributed by atoms with van der Waals surface area (Å²) in [6, 6.07) is 2.96. The molecule has 98 valence electrons. The van der Waals surface area contributed by atoms with Gasteiger partial charge in [-0.25, -0.2) is 8.42 Å². The van der Waals surface area contributed by atoms with Crippen LogP contribution < -0.4 is 0 Å². The lowest BCUT2D eigenvalue weighted by Crippen LogP contribution is -2.30. The van der Waals surface area contributed by atoms with Gasteiger partial charge in [0.2, 0.25) is 15.3 Å². The molecule has 2 rings (SSSR count). The van der Waals surface area contributed by atoms with E-state index < -0.39 is 10.0 Å². The van der Waals surface area contributed by atoms with Gasteiger partial charge in [-0.15, -0.1) is 10.2 Å². The van der Waals surface area contributed by atoms with E-state index >= 15 is 0 Å². The summed E-state index contributed by atoms with van der Waals surface area (Å²) in [6.07, 6.45) is 1.55. The van der Waals surface area contributed by atoms with Gasteiger partial charge in [-0.3, -0.25) is 4.40 Å². The summed E-state index contributed by atoms with van der Waals surface area (Å²) in [5, 5.41) is 7.68. The maximum atomic E-state index is 12.3. The summed E-state index contributed by atoms with van der Waals surface area (Å²) in [5.74, 6) is 0. The summed E-state index contributed by atoms with van der Waals surface area (Å²) >= 11 is 5.79. The van der Waals surface area contributed by atoms with E-state index in [1.807, 2.05) is 0 Å². The van der Waals surface area contributed by atoms with E-state index in [-0.39, 0.29) is 10.2 Å². The van der Waals surface area contributed by atoms with Crippen LogP contribution in [0, 0.1) is 0 Å². The molecule has 8 heteroatoms. The molecule has 2 aromatic heterocycles. The number of aromatic nitrogens is 3. The average molecular weight is 289 g/mol. The van der Waals surface area contributed by atoms with Gasteiger partial charge in [0, 0.05) is 25.4 Å². The number of rotatable bonds is 4. The van der Waals surface area contributed by atoms with Crippen molar-refractivity contribution in [3.05, 3.63) is 23.6 Å². The first-order chi connectivity index (χ1) is 8.50. The topological polar surface area (TPSA) is 67.6 Å². The summed E-state index contributed by atoms with van der Waals surface area (Å²) in [6.45, 7) is 4.45. The Morgan fingerprint density at radius 1 is 1.33 bits per heavy atom. The van der Waals surface area contributed by atoms with Crippen molar-refractivity contribution in [2.45, 2.75) is 18.7 Å². The number of hydrogen-bond acceptors (Lipinski definition) is 4.